The summed E-state index contributed by atoms with van der Waals surface area (Å²) in [6, 6.07) is 14.0. The van der Waals surface area contributed by atoms with E-state index in [2.05, 4.69) is 37.9 Å². The second-order valence-corrected chi connectivity index (χ2v) is 11.5. The number of nitrogens with zero attached hydrogens (tertiary/aromatic N) is 1. The van der Waals surface area contributed by atoms with Gasteiger partial charge in [-0.05, 0) is 79.8 Å². The Balaban J connectivity index is 1.27. The van der Waals surface area contributed by atoms with E-state index in [0.717, 1.165) is 53.6 Å². The normalized spacial score (nSPS) is 15.6. The quantitative estimate of drug-likeness (QED) is 0.197. The van der Waals surface area contributed by atoms with Crippen molar-refractivity contribution in [2.75, 3.05) is 19.8 Å². The maximum absolute atomic E-state index is 13.1. The predicted molar refractivity (Wildman–Crippen MR) is 159 cm³/mol. The van der Waals surface area contributed by atoms with Gasteiger partial charge in [-0.25, -0.2) is 4.98 Å². The zero-order valence-electron chi connectivity index (χ0n) is 23.3. The zero-order valence-corrected chi connectivity index (χ0v) is 24.2. The molecule has 2 aromatic carbocycles. The van der Waals surface area contributed by atoms with Gasteiger partial charge in [0.25, 0.3) is 5.56 Å². The summed E-state index contributed by atoms with van der Waals surface area (Å²) in [7, 11) is 0. The first-order chi connectivity index (χ1) is 19.0. The Morgan fingerprint density at radius 1 is 1.05 bits per heavy atom. The maximum atomic E-state index is 13.1. The highest BCUT2D eigenvalue weighted by molar-refractivity contribution is 7.18. The van der Waals surface area contributed by atoms with E-state index in [1.165, 1.54) is 16.0 Å². The molecule has 39 heavy (non-hydrogen) atoms. The minimum Gasteiger partial charge on any atom is -0.493 e. The van der Waals surface area contributed by atoms with Gasteiger partial charge in [-0.15, -0.1) is 11.3 Å². The topological polar surface area (TPSA) is 73.4 Å². The Morgan fingerprint density at radius 2 is 1.85 bits per heavy atom. The molecule has 0 aliphatic heterocycles. The van der Waals surface area contributed by atoms with Gasteiger partial charge in [0, 0.05) is 16.9 Å². The molecule has 1 N–H and O–H groups in total. The van der Waals surface area contributed by atoms with Gasteiger partial charge in [-0.3, -0.25) is 4.79 Å². The monoisotopic (exact) mass is 546 g/mol. The van der Waals surface area contributed by atoms with Crippen molar-refractivity contribution in [2.45, 2.75) is 65.7 Å². The molecule has 0 unspecified atom stereocenters. The molecule has 7 heteroatoms. The highest BCUT2D eigenvalue weighted by Gasteiger charge is 2.23. The van der Waals surface area contributed by atoms with Crippen molar-refractivity contribution >= 4 is 21.6 Å². The Kier molecular flexibility index (Phi) is 8.56. The smallest absolute Gasteiger partial charge is 0.260 e. The molecule has 0 amide bonds. The fraction of sp³-hybridized carbons (Fsp3) is 0.438. The van der Waals surface area contributed by atoms with Gasteiger partial charge in [0.05, 0.1) is 25.2 Å². The summed E-state index contributed by atoms with van der Waals surface area (Å²) in [4.78, 5) is 23.1. The van der Waals surface area contributed by atoms with Crippen LogP contribution in [0, 0.1) is 5.92 Å². The van der Waals surface area contributed by atoms with Gasteiger partial charge in [0.15, 0.2) is 11.5 Å². The van der Waals surface area contributed by atoms with Crippen molar-refractivity contribution in [1.82, 2.24) is 9.97 Å². The third-order valence-corrected chi connectivity index (χ3v) is 8.70. The first kappa shape index (κ1) is 27.3. The van der Waals surface area contributed by atoms with E-state index >= 15 is 0 Å². The van der Waals surface area contributed by atoms with E-state index < -0.39 is 0 Å². The number of nitrogens with one attached hydrogen (secondary N) is 1. The summed E-state index contributed by atoms with van der Waals surface area (Å²) in [6.45, 7) is 10.2. The van der Waals surface area contributed by atoms with E-state index in [1.54, 1.807) is 11.3 Å². The highest BCUT2D eigenvalue weighted by Crippen LogP contribution is 2.37. The third-order valence-electron chi connectivity index (χ3n) is 7.55. The van der Waals surface area contributed by atoms with Gasteiger partial charge in [0.1, 0.15) is 16.4 Å². The van der Waals surface area contributed by atoms with Crippen molar-refractivity contribution in [1.29, 1.82) is 0 Å². The lowest BCUT2D eigenvalue weighted by Gasteiger charge is -2.17. The van der Waals surface area contributed by atoms with Crippen molar-refractivity contribution in [3.8, 4) is 28.6 Å². The number of ether oxygens (including phenoxy) is 3. The minimum atomic E-state index is -0.0600. The Morgan fingerprint density at radius 3 is 2.64 bits per heavy atom. The van der Waals surface area contributed by atoms with Gasteiger partial charge in [0.2, 0.25) is 0 Å². The summed E-state index contributed by atoms with van der Waals surface area (Å²) in [6.07, 6.45) is 4.93. The van der Waals surface area contributed by atoms with E-state index in [0.29, 0.717) is 49.0 Å². The van der Waals surface area contributed by atoms with Crippen LogP contribution in [0.15, 0.2) is 47.3 Å². The fourth-order valence-electron chi connectivity index (χ4n) is 5.19. The van der Waals surface area contributed by atoms with E-state index in [4.69, 9.17) is 19.2 Å². The molecular weight excluding hydrogens is 508 g/mol. The predicted octanol–water partition coefficient (Wildman–Crippen LogP) is 7.54. The molecule has 4 aromatic rings. The van der Waals surface area contributed by atoms with Crippen molar-refractivity contribution in [2.24, 2.45) is 5.92 Å². The van der Waals surface area contributed by atoms with Gasteiger partial charge in [-0.2, -0.15) is 0 Å². The van der Waals surface area contributed by atoms with Crippen LogP contribution < -0.4 is 19.8 Å². The molecule has 0 saturated carbocycles. The third kappa shape index (κ3) is 5.98. The molecule has 206 valence electrons. The molecule has 2 aromatic heterocycles. The molecule has 0 spiro atoms. The maximum Gasteiger partial charge on any atom is 0.260 e. The first-order valence-electron chi connectivity index (χ1n) is 14.1. The van der Waals surface area contributed by atoms with Crippen LogP contribution >= 0.6 is 11.3 Å². The first-order valence-corrected chi connectivity index (χ1v) is 15.0. The van der Waals surface area contributed by atoms with Crippen LogP contribution in [0.1, 0.15) is 68.9 Å². The van der Waals surface area contributed by atoms with Crippen LogP contribution in [0.2, 0.25) is 0 Å². The summed E-state index contributed by atoms with van der Waals surface area (Å²) in [5.41, 5.74) is 3.18. The van der Waals surface area contributed by atoms with Gasteiger partial charge < -0.3 is 19.2 Å². The minimum absolute atomic E-state index is 0.0600. The number of hydrogen-bond acceptors (Lipinski definition) is 6. The summed E-state index contributed by atoms with van der Waals surface area (Å²) in [5.74, 6) is 3.93. The average molecular weight is 547 g/mol. The summed E-state index contributed by atoms with van der Waals surface area (Å²) in [5, 5.41) is 0.768. The Labute approximate surface area is 234 Å². The summed E-state index contributed by atoms with van der Waals surface area (Å²) < 4.78 is 18.1. The van der Waals surface area contributed by atoms with Crippen LogP contribution in [0.5, 0.6) is 17.2 Å². The van der Waals surface area contributed by atoms with E-state index in [1.807, 2.05) is 37.3 Å². The number of para-hydroxylation sites is 1. The number of aromatic amines is 1. The van der Waals surface area contributed by atoms with Crippen molar-refractivity contribution in [3.63, 3.8) is 0 Å². The number of fused-ring (bicyclic) bond motifs is 3. The summed E-state index contributed by atoms with van der Waals surface area (Å²) >= 11 is 1.66. The molecule has 0 fully saturated rings. The lowest BCUT2D eigenvalue weighted by molar-refractivity contribution is 0.234. The largest absolute Gasteiger partial charge is 0.493 e. The SMILES string of the molecule is CCOc1cc(-c2nc3sc4c(c3c(=O)[nH]2)CC[C@H](C)C4)ccc1OCCCOc1ccccc1[C@@H](C)CC. The number of aryl methyl sites for hydroxylation is 1. The molecule has 0 bridgehead atoms. The van der Waals surface area contributed by atoms with E-state index in [-0.39, 0.29) is 5.56 Å². The number of hydrogen-bond donors (Lipinski definition) is 1. The van der Waals surface area contributed by atoms with Crippen LogP contribution in [0.4, 0.5) is 0 Å². The molecule has 6 nitrogen and oxygen atoms in total. The molecule has 0 saturated heterocycles. The van der Waals surface area contributed by atoms with Crippen molar-refractivity contribution in [3.05, 3.63) is 68.8 Å². The average Bonchev–Trinajstić information content (AvgIpc) is 3.31. The fourth-order valence-corrected chi connectivity index (χ4v) is 6.57. The Bertz CT molecular complexity index is 1490. The van der Waals surface area contributed by atoms with Gasteiger partial charge in [-0.1, -0.05) is 39.0 Å². The standard InChI is InChI=1S/C32H38N2O4S/c1-5-21(4)23-10-7-8-11-25(23)37-16-9-17-38-26-15-13-22(19-27(26)36-6-2)30-33-31(35)29-24-14-12-20(3)18-28(24)39-32(29)34-30/h7-8,10-11,13,15,19-21H,5-6,9,12,14,16-18H2,1-4H3,(H,33,34,35)/t20-,21-/m0/s1. The van der Waals surface area contributed by atoms with Crippen LogP contribution in [0.25, 0.3) is 21.6 Å². The molecule has 1 aliphatic carbocycles. The number of thiophene rings is 1. The second-order valence-electron chi connectivity index (χ2n) is 10.4. The Hall–Kier alpha value is -3.32. The van der Waals surface area contributed by atoms with Crippen LogP contribution in [-0.4, -0.2) is 29.8 Å². The molecule has 5 rings (SSSR count). The van der Waals surface area contributed by atoms with E-state index in [9.17, 15) is 4.79 Å². The molecule has 2 atom stereocenters. The highest BCUT2D eigenvalue weighted by atomic mass is 32.1. The number of rotatable bonds is 11. The lowest BCUT2D eigenvalue weighted by atomic mass is 9.89. The van der Waals surface area contributed by atoms with Crippen LogP contribution in [0.3, 0.4) is 0 Å². The molecular formula is C32H38N2O4S. The molecule has 2 heterocycles. The number of H-pyrrole nitrogens is 1. The number of benzene rings is 2. The number of aromatic nitrogens is 2. The van der Waals surface area contributed by atoms with Gasteiger partial charge >= 0.3 is 0 Å². The molecule has 0 radical (unpaired) electrons. The lowest BCUT2D eigenvalue weighted by Crippen LogP contribution is -2.13. The second kappa shape index (κ2) is 12.2. The molecule has 1 aliphatic rings. The van der Waals surface area contributed by atoms with Crippen LogP contribution in [-0.2, 0) is 12.8 Å². The van der Waals surface area contributed by atoms with Crippen molar-refractivity contribution < 1.29 is 14.2 Å². The zero-order chi connectivity index (χ0) is 27.4.